The normalized spacial score (nSPS) is 17.2. The standard InChI is InChI=1S/C22H26N2O2S/c1-5-11-25-17-8-6-7-16(13-17)23-21(27)24-19-14-22(3,4)26-20-12-15(2)9-10-18(19)20/h5-10,12-13,19H,1,11,14H2,2-4H3,(H2,23,24,27)/t19-/m1/s1. The van der Waals surface area contributed by atoms with Crippen LogP contribution in [0, 0.1) is 6.92 Å². The van der Waals surface area contributed by atoms with E-state index in [1.165, 1.54) is 5.56 Å². The minimum atomic E-state index is -0.257. The van der Waals surface area contributed by atoms with Gasteiger partial charge in [0.1, 0.15) is 23.7 Å². The number of thiocarbonyl (C=S) groups is 1. The second-order valence-corrected chi connectivity index (χ2v) is 7.79. The van der Waals surface area contributed by atoms with E-state index in [1.807, 2.05) is 24.3 Å². The number of fused-ring (bicyclic) bond motifs is 1. The van der Waals surface area contributed by atoms with Crippen LogP contribution in [0.1, 0.15) is 37.4 Å². The summed E-state index contributed by atoms with van der Waals surface area (Å²) in [6.45, 7) is 10.4. The average Bonchev–Trinajstić information content (AvgIpc) is 2.58. The van der Waals surface area contributed by atoms with E-state index in [9.17, 15) is 0 Å². The van der Waals surface area contributed by atoms with Crippen LogP contribution < -0.4 is 20.1 Å². The van der Waals surface area contributed by atoms with Crippen LogP contribution in [-0.4, -0.2) is 17.3 Å². The van der Waals surface area contributed by atoms with Crippen molar-refractivity contribution >= 4 is 23.0 Å². The molecule has 0 radical (unpaired) electrons. The molecule has 3 rings (SSSR count). The number of nitrogens with one attached hydrogen (secondary N) is 2. The van der Waals surface area contributed by atoms with Crippen molar-refractivity contribution in [2.45, 2.75) is 38.8 Å². The Bertz CT molecular complexity index is 848. The Morgan fingerprint density at radius 2 is 2.15 bits per heavy atom. The Morgan fingerprint density at radius 1 is 1.33 bits per heavy atom. The van der Waals surface area contributed by atoms with Gasteiger partial charge in [-0.2, -0.15) is 0 Å². The van der Waals surface area contributed by atoms with Gasteiger partial charge in [0.25, 0.3) is 0 Å². The van der Waals surface area contributed by atoms with Crippen LogP contribution in [0.2, 0.25) is 0 Å². The number of aryl methyl sites for hydroxylation is 1. The van der Waals surface area contributed by atoms with E-state index in [0.717, 1.165) is 29.2 Å². The van der Waals surface area contributed by atoms with E-state index in [-0.39, 0.29) is 11.6 Å². The largest absolute Gasteiger partial charge is 0.489 e. The Morgan fingerprint density at radius 3 is 2.93 bits per heavy atom. The summed E-state index contributed by atoms with van der Waals surface area (Å²) in [5.41, 5.74) is 2.94. The monoisotopic (exact) mass is 382 g/mol. The molecule has 2 aromatic rings. The summed E-state index contributed by atoms with van der Waals surface area (Å²) >= 11 is 5.56. The lowest BCUT2D eigenvalue weighted by Gasteiger charge is -2.38. The van der Waals surface area contributed by atoms with Gasteiger partial charge in [-0.25, -0.2) is 0 Å². The fourth-order valence-electron chi connectivity index (χ4n) is 3.23. The summed E-state index contributed by atoms with van der Waals surface area (Å²) < 4.78 is 11.7. The molecule has 0 amide bonds. The van der Waals surface area contributed by atoms with Gasteiger partial charge in [-0.05, 0) is 56.8 Å². The van der Waals surface area contributed by atoms with Gasteiger partial charge in [-0.1, -0.05) is 30.9 Å². The number of benzene rings is 2. The molecule has 0 bridgehead atoms. The second kappa shape index (κ2) is 8.01. The maximum atomic E-state index is 6.16. The predicted octanol–water partition coefficient (Wildman–Crippen LogP) is 5.15. The highest BCUT2D eigenvalue weighted by Gasteiger charge is 2.34. The van der Waals surface area contributed by atoms with E-state index in [0.29, 0.717) is 11.7 Å². The van der Waals surface area contributed by atoms with Gasteiger partial charge in [-0.3, -0.25) is 0 Å². The molecule has 142 valence electrons. The number of rotatable bonds is 5. The molecule has 0 aromatic heterocycles. The zero-order chi connectivity index (χ0) is 19.4. The van der Waals surface area contributed by atoms with Crippen LogP contribution >= 0.6 is 12.2 Å². The predicted molar refractivity (Wildman–Crippen MR) is 115 cm³/mol. The van der Waals surface area contributed by atoms with Crippen LogP contribution in [0.3, 0.4) is 0 Å². The third-order valence-corrected chi connectivity index (χ3v) is 4.61. The first kappa shape index (κ1) is 19.2. The van der Waals surface area contributed by atoms with E-state index in [2.05, 4.69) is 56.2 Å². The highest BCUT2D eigenvalue weighted by molar-refractivity contribution is 7.80. The first-order chi connectivity index (χ1) is 12.9. The second-order valence-electron chi connectivity index (χ2n) is 7.39. The molecule has 2 N–H and O–H groups in total. The molecule has 2 aromatic carbocycles. The lowest BCUT2D eigenvalue weighted by molar-refractivity contribution is 0.0696. The maximum Gasteiger partial charge on any atom is 0.171 e. The van der Waals surface area contributed by atoms with Crippen molar-refractivity contribution in [2.75, 3.05) is 11.9 Å². The topological polar surface area (TPSA) is 42.5 Å². The quantitative estimate of drug-likeness (QED) is 0.553. The van der Waals surface area contributed by atoms with Crippen molar-refractivity contribution in [3.8, 4) is 11.5 Å². The first-order valence-electron chi connectivity index (χ1n) is 9.07. The van der Waals surface area contributed by atoms with E-state index in [4.69, 9.17) is 21.7 Å². The summed E-state index contributed by atoms with van der Waals surface area (Å²) in [7, 11) is 0. The van der Waals surface area contributed by atoms with Crippen LogP contribution in [0.25, 0.3) is 0 Å². The molecule has 4 nitrogen and oxygen atoms in total. The molecule has 0 spiro atoms. The van der Waals surface area contributed by atoms with Crippen LogP contribution in [0.15, 0.2) is 55.1 Å². The number of hydrogen-bond donors (Lipinski definition) is 2. The SMILES string of the molecule is C=CCOc1cccc(NC(=S)N[C@@H]2CC(C)(C)Oc3cc(C)ccc32)c1. The van der Waals surface area contributed by atoms with Crippen LogP contribution in [0.4, 0.5) is 5.69 Å². The fraction of sp³-hybridized carbons (Fsp3) is 0.318. The third kappa shape index (κ3) is 5.01. The molecule has 1 atom stereocenters. The van der Waals surface area contributed by atoms with Gasteiger partial charge in [0.2, 0.25) is 0 Å². The molecule has 27 heavy (non-hydrogen) atoms. The van der Waals surface area contributed by atoms with Gasteiger partial charge >= 0.3 is 0 Å². The minimum Gasteiger partial charge on any atom is -0.489 e. The molecule has 1 heterocycles. The molecule has 0 saturated carbocycles. The van der Waals surface area contributed by atoms with Crippen LogP contribution in [0.5, 0.6) is 11.5 Å². The van der Waals surface area contributed by atoms with Crippen molar-refractivity contribution in [1.82, 2.24) is 5.32 Å². The average molecular weight is 383 g/mol. The Labute approximate surface area is 166 Å². The van der Waals surface area contributed by atoms with Crippen molar-refractivity contribution in [2.24, 2.45) is 0 Å². The van der Waals surface area contributed by atoms with Crippen molar-refractivity contribution in [3.63, 3.8) is 0 Å². The third-order valence-electron chi connectivity index (χ3n) is 4.39. The van der Waals surface area contributed by atoms with E-state index in [1.54, 1.807) is 6.08 Å². The summed E-state index contributed by atoms with van der Waals surface area (Å²) in [6.07, 6.45) is 2.55. The minimum absolute atomic E-state index is 0.0875. The highest BCUT2D eigenvalue weighted by atomic mass is 32.1. The molecule has 0 fully saturated rings. The lowest BCUT2D eigenvalue weighted by Crippen LogP contribution is -2.42. The van der Waals surface area contributed by atoms with Crippen molar-refractivity contribution < 1.29 is 9.47 Å². The maximum absolute atomic E-state index is 6.16. The molecule has 0 unspecified atom stereocenters. The van der Waals surface area contributed by atoms with Gasteiger partial charge in [-0.15, -0.1) is 0 Å². The molecular formula is C22H26N2O2S. The summed E-state index contributed by atoms with van der Waals surface area (Å²) in [4.78, 5) is 0. The molecule has 5 heteroatoms. The number of ether oxygens (including phenoxy) is 2. The van der Waals surface area contributed by atoms with Gasteiger partial charge in [0, 0.05) is 23.7 Å². The molecule has 0 aliphatic carbocycles. The molecule has 1 aliphatic rings. The van der Waals surface area contributed by atoms with Gasteiger partial charge in [0.05, 0.1) is 6.04 Å². The number of hydrogen-bond acceptors (Lipinski definition) is 3. The smallest absolute Gasteiger partial charge is 0.171 e. The number of anilines is 1. The fourth-order valence-corrected chi connectivity index (χ4v) is 3.49. The highest BCUT2D eigenvalue weighted by Crippen LogP contribution is 2.39. The first-order valence-corrected chi connectivity index (χ1v) is 9.48. The van der Waals surface area contributed by atoms with E-state index < -0.39 is 0 Å². The zero-order valence-corrected chi connectivity index (χ0v) is 16.9. The summed E-state index contributed by atoms with van der Waals surface area (Å²) in [5.74, 6) is 1.70. The Balaban J connectivity index is 1.72. The lowest BCUT2D eigenvalue weighted by atomic mass is 9.89. The summed E-state index contributed by atoms with van der Waals surface area (Å²) in [5, 5.41) is 7.27. The zero-order valence-electron chi connectivity index (χ0n) is 16.0. The van der Waals surface area contributed by atoms with Crippen molar-refractivity contribution in [1.29, 1.82) is 0 Å². The van der Waals surface area contributed by atoms with Crippen molar-refractivity contribution in [3.05, 3.63) is 66.2 Å². The summed E-state index contributed by atoms with van der Waals surface area (Å²) in [6, 6.07) is 14.1. The van der Waals surface area contributed by atoms with Crippen LogP contribution in [-0.2, 0) is 0 Å². The molecular weight excluding hydrogens is 356 g/mol. The molecule has 0 saturated heterocycles. The van der Waals surface area contributed by atoms with Gasteiger partial charge in [0.15, 0.2) is 5.11 Å². The molecule has 1 aliphatic heterocycles. The Hall–Kier alpha value is -2.53. The Kier molecular flexibility index (Phi) is 5.71. The van der Waals surface area contributed by atoms with E-state index >= 15 is 0 Å². The van der Waals surface area contributed by atoms with Gasteiger partial charge < -0.3 is 20.1 Å².